The van der Waals surface area contributed by atoms with Crippen molar-refractivity contribution in [2.24, 2.45) is 0 Å². The standard InChI is InChI=1S/C31H33NO6/c1-4-10-24-28(13-8-14-29(24)38-30-12-7-6-11-25(30)31(33)34-3)37-18-9-17-36-27-16-15-23(19-22(27)5-2)26-20-35-21-32-26/h6-8,11-16,19-21H,4-5,9-10,17-18H2,1-3H3. The van der Waals surface area contributed by atoms with Gasteiger partial charge in [0.15, 0.2) is 6.39 Å². The van der Waals surface area contributed by atoms with Crippen molar-refractivity contribution in [2.45, 2.75) is 39.5 Å². The van der Waals surface area contributed by atoms with Crippen molar-refractivity contribution >= 4 is 5.97 Å². The Morgan fingerprint density at radius 2 is 1.66 bits per heavy atom. The molecule has 0 fully saturated rings. The fourth-order valence-electron chi connectivity index (χ4n) is 4.16. The highest BCUT2D eigenvalue weighted by atomic mass is 16.5. The molecular weight excluding hydrogens is 482 g/mol. The van der Waals surface area contributed by atoms with E-state index in [4.69, 9.17) is 23.4 Å². The third-order valence-electron chi connectivity index (χ3n) is 6.08. The molecule has 1 aromatic heterocycles. The van der Waals surface area contributed by atoms with Crippen LogP contribution in [0.5, 0.6) is 23.0 Å². The van der Waals surface area contributed by atoms with Crippen LogP contribution >= 0.6 is 0 Å². The zero-order valence-electron chi connectivity index (χ0n) is 22.1. The van der Waals surface area contributed by atoms with Crippen molar-refractivity contribution in [2.75, 3.05) is 20.3 Å². The van der Waals surface area contributed by atoms with E-state index in [0.717, 1.165) is 59.6 Å². The lowest BCUT2D eigenvalue weighted by Crippen LogP contribution is -2.08. The Hall–Kier alpha value is -4.26. The molecule has 0 atom stereocenters. The van der Waals surface area contributed by atoms with Gasteiger partial charge in [0, 0.05) is 17.5 Å². The van der Waals surface area contributed by atoms with Crippen LogP contribution in [0.25, 0.3) is 11.3 Å². The van der Waals surface area contributed by atoms with Gasteiger partial charge in [0.25, 0.3) is 0 Å². The van der Waals surface area contributed by atoms with Gasteiger partial charge in [-0.3, -0.25) is 0 Å². The third-order valence-corrected chi connectivity index (χ3v) is 6.08. The van der Waals surface area contributed by atoms with Gasteiger partial charge in [0.2, 0.25) is 0 Å². The number of benzene rings is 3. The van der Waals surface area contributed by atoms with Gasteiger partial charge in [-0.15, -0.1) is 0 Å². The molecule has 1 heterocycles. The molecule has 38 heavy (non-hydrogen) atoms. The first kappa shape index (κ1) is 26.8. The SMILES string of the molecule is CCCc1c(OCCCOc2ccc(-c3cocn3)cc2CC)cccc1Oc1ccccc1C(=O)OC. The van der Waals surface area contributed by atoms with Crippen molar-refractivity contribution in [3.05, 3.63) is 90.0 Å². The number of rotatable bonds is 13. The third kappa shape index (κ3) is 6.54. The minimum absolute atomic E-state index is 0.376. The Labute approximate surface area is 223 Å². The van der Waals surface area contributed by atoms with E-state index in [2.05, 4.69) is 24.9 Å². The van der Waals surface area contributed by atoms with Crippen LogP contribution in [0.3, 0.4) is 0 Å². The summed E-state index contributed by atoms with van der Waals surface area (Å²) in [5.41, 5.74) is 4.27. The number of para-hydroxylation sites is 1. The maximum absolute atomic E-state index is 12.2. The Bertz CT molecular complexity index is 1330. The molecule has 0 aliphatic carbocycles. The molecule has 0 bridgehead atoms. The van der Waals surface area contributed by atoms with Crippen LogP contribution in [0.2, 0.25) is 0 Å². The minimum atomic E-state index is -0.441. The quantitative estimate of drug-likeness (QED) is 0.137. The molecule has 0 unspecified atom stereocenters. The molecule has 0 radical (unpaired) electrons. The highest BCUT2D eigenvalue weighted by Gasteiger charge is 2.16. The van der Waals surface area contributed by atoms with Crippen LogP contribution in [0, 0.1) is 0 Å². The number of ether oxygens (including phenoxy) is 4. The van der Waals surface area contributed by atoms with Gasteiger partial charge in [-0.25, -0.2) is 9.78 Å². The van der Waals surface area contributed by atoms with E-state index in [9.17, 15) is 4.79 Å². The number of oxazole rings is 1. The van der Waals surface area contributed by atoms with Crippen molar-refractivity contribution in [1.82, 2.24) is 4.98 Å². The summed E-state index contributed by atoms with van der Waals surface area (Å²) in [4.78, 5) is 16.4. The zero-order chi connectivity index (χ0) is 26.7. The molecule has 0 aliphatic heterocycles. The smallest absolute Gasteiger partial charge is 0.341 e. The summed E-state index contributed by atoms with van der Waals surface area (Å²) in [6.07, 6.45) is 6.33. The summed E-state index contributed by atoms with van der Waals surface area (Å²) in [5.74, 6) is 2.31. The summed E-state index contributed by atoms with van der Waals surface area (Å²) in [6, 6.07) is 18.8. The molecule has 0 saturated carbocycles. The van der Waals surface area contributed by atoms with Gasteiger partial charge >= 0.3 is 5.97 Å². The van der Waals surface area contributed by atoms with Crippen molar-refractivity contribution in [3.8, 4) is 34.3 Å². The van der Waals surface area contributed by atoms with Crippen LogP contribution in [-0.4, -0.2) is 31.3 Å². The largest absolute Gasteiger partial charge is 0.493 e. The molecule has 0 saturated heterocycles. The fourth-order valence-corrected chi connectivity index (χ4v) is 4.16. The highest BCUT2D eigenvalue weighted by molar-refractivity contribution is 5.92. The zero-order valence-corrected chi connectivity index (χ0v) is 22.1. The van der Waals surface area contributed by atoms with Gasteiger partial charge < -0.3 is 23.4 Å². The lowest BCUT2D eigenvalue weighted by molar-refractivity contribution is 0.0598. The number of methoxy groups -OCH3 is 1. The Morgan fingerprint density at radius 1 is 0.895 bits per heavy atom. The molecule has 0 spiro atoms. The number of carbonyl (C=O) groups excluding carboxylic acids is 1. The maximum atomic E-state index is 12.2. The monoisotopic (exact) mass is 515 g/mol. The van der Waals surface area contributed by atoms with E-state index in [1.165, 1.54) is 13.5 Å². The average molecular weight is 516 g/mol. The fraction of sp³-hybridized carbons (Fsp3) is 0.290. The molecule has 0 aliphatic rings. The molecule has 7 heteroatoms. The Morgan fingerprint density at radius 3 is 2.39 bits per heavy atom. The predicted octanol–water partition coefficient (Wildman–Crippen LogP) is 7.28. The molecule has 3 aromatic carbocycles. The Kier molecular flexibility index (Phi) is 9.40. The first-order valence-electron chi connectivity index (χ1n) is 12.9. The van der Waals surface area contributed by atoms with Crippen LogP contribution in [0.1, 0.15) is 48.2 Å². The number of carbonyl (C=O) groups is 1. The Balaban J connectivity index is 1.38. The van der Waals surface area contributed by atoms with Crippen molar-refractivity contribution in [1.29, 1.82) is 0 Å². The van der Waals surface area contributed by atoms with E-state index in [1.54, 1.807) is 24.5 Å². The molecule has 4 rings (SSSR count). The summed E-state index contributed by atoms with van der Waals surface area (Å²) in [5, 5.41) is 0. The number of nitrogens with zero attached hydrogens (tertiary/aromatic N) is 1. The summed E-state index contributed by atoms with van der Waals surface area (Å²) in [7, 11) is 1.36. The minimum Gasteiger partial charge on any atom is -0.493 e. The first-order valence-corrected chi connectivity index (χ1v) is 12.9. The lowest BCUT2D eigenvalue weighted by Gasteiger charge is -2.17. The normalized spacial score (nSPS) is 10.7. The van der Waals surface area contributed by atoms with Gasteiger partial charge in [-0.1, -0.05) is 38.5 Å². The first-order chi connectivity index (χ1) is 18.6. The van der Waals surface area contributed by atoms with Crippen LogP contribution in [-0.2, 0) is 17.6 Å². The number of aromatic nitrogens is 1. The molecule has 7 nitrogen and oxygen atoms in total. The predicted molar refractivity (Wildman–Crippen MR) is 145 cm³/mol. The topological polar surface area (TPSA) is 80.0 Å². The second kappa shape index (κ2) is 13.3. The molecule has 198 valence electrons. The lowest BCUT2D eigenvalue weighted by atomic mass is 10.1. The van der Waals surface area contributed by atoms with Crippen molar-refractivity contribution < 1.29 is 28.2 Å². The van der Waals surface area contributed by atoms with E-state index in [1.807, 2.05) is 36.4 Å². The molecule has 0 N–H and O–H groups in total. The summed E-state index contributed by atoms with van der Waals surface area (Å²) < 4.78 is 28.4. The number of aryl methyl sites for hydroxylation is 1. The van der Waals surface area contributed by atoms with E-state index < -0.39 is 5.97 Å². The number of hydrogen-bond donors (Lipinski definition) is 0. The highest BCUT2D eigenvalue weighted by Crippen LogP contribution is 2.35. The van der Waals surface area contributed by atoms with Crippen LogP contribution in [0.4, 0.5) is 0 Å². The molecule has 0 amide bonds. The van der Waals surface area contributed by atoms with Gasteiger partial charge in [-0.2, -0.15) is 0 Å². The summed E-state index contributed by atoms with van der Waals surface area (Å²) in [6.45, 7) is 5.24. The second-order valence-electron chi connectivity index (χ2n) is 8.67. The van der Waals surface area contributed by atoms with Gasteiger partial charge in [0.1, 0.15) is 40.5 Å². The maximum Gasteiger partial charge on any atom is 0.341 e. The average Bonchev–Trinajstić information content (AvgIpc) is 3.49. The molecule has 4 aromatic rings. The number of hydrogen-bond acceptors (Lipinski definition) is 7. The van der Waals surface area contributed by atoms with Crippen molar-refractivity contribution in [3.63, 3.8) is 0 Å². The van der Waals surface area contributed by atoms with E-state index in [0.29, 0.717) is 30.3 Å². The molecular formula is C31H33NO6. The number of esters is 1. The van der Waals surface area contributed by atoms with E-state index >= 15 is 0 Å². The second-order valence-corrected chi connectivity index (χ2v) is 8.67. The van der Waals surface area contributed by atoms with Crippen LogP contribution < -0.4 is 14.2 Å². The van der Waals surface area contributed by atoms with Crippen LogP contribution in [0.15, 0.2) is 77.7 Å². The van der Waals surface area contributed by atoms with Gasteiger partial charge in [-0.05, 0) is 60.9 Å². The van der Waals surface area contributed by atoms with E-state index in [-0.39, 0.29) is 0 Å². The van der Waals surface area contributed by atoms with Gasteiger partial charge in [0.05, 0.1) is 20.3 Å². The summed E-state index contributed by atoms with van der Waals surface area (Å²) >= 11 is 0.